The lowest BCUT2D eigenvalue weighted by molar-refractivity contribution is 0.288. The first-order valence-electron chi connectivity index (χ1n) is 8.35. The fraction of sp³-hybridized carbons (Fsp3) is 0.368. The molecule has 0 aliphatic heterocycles. The molecule has 0 spiro atoms. The highest BCUT2D eigenvalue weighted by molar-refractivity contribution is 7.89. The Morgan fingerprint density at radius 3 is 2.12 bits per heavy atom. The highest BCUT2D eigenvalue weighted by atomic mass is 35.5. The van der Waals surface area contributed by atoms with Crippen molar-refractivity contribution < 1.29 is 13.5 Å². The second kappa shape index (κ2) is 9.34. The molecule has 1 atom stereocenters. The fourth-order valence-corrected chi connectivity index (χ4v) is 3.81. The van der Waals surface area contributed by atoms with E-state index in [0.29, 0.717) is 23.6 Å². The van der Waals surface area contributed by atoms with E-state index >= 15 is 0 Å². The molecule has 0 saturated carbocycles. The van der Waals surface area contributed by atoms with Crippen LogP contribution < -0.4 is 4.72 Å². The summed E-state index contributed by atoms with van der Waals surface area (Å²) in [5.74, 6) is 0. The second-order valence-corrected chi connectivity index (χ2v) is 8.55. The maximum absolute atomic E-state index is 12.4. The molecule has 2 aromatic rings. The van der Waals surface area contributed by atoms with E-state index in [-0.39, 0.29) is 6.61 Å². The van der Waals surface area contributed by atoms with E-state index in [1.807, 2.05) is 24.3 Å². The van der Waals surface area contributed by atoms with Crippen LogP contribution >= 0.6 is 11.6 Å². The van der Waals surface area contributed by atoms with Gasteiger partial charge in [-0.2, -0.15) is 0 Å². The molecule has 0 aromatic heterocycles. The summed E-state index contributed by atoms with van der Waals surface area (Å²) in [5, 5.41) is 8.80. The zero-order valence-electron chi connectivity index (χ0n) is 14.3. The molecule has 0 aliphatic rings. The third-order valence-corrected chi connectivity index (χ3v) is 6.23. The maximum Gasteiger partial charge on any atom is 0.218 e. The van der Waals surface area contributed by atoms with Crippen molar-refractivity contribution in [2.45, 2.75) is 31.4 Å². The molecule has 0 amide bonds. The minimum Gasteiger partial charge on any atom is -0.396 e. The molecule has 136 valence electrons. The molecule has 0 fully saturated rings. The first-order chi connectivity index (χ1) is 11.9. The van der Waals surface area contributed by atoms with Gasteiger partial charge in [0.25, 0.3) is 0 Å². The van der Waals surface area contributed by atoms with E-state index < -0.39 is 15.3 Å². The molecule has 0 bridgehead atoms. The van der Waals surface area contributed by atoms with Gasteiger partial charge in [-0.3, -0.25) is 0 Å². The highest BCUT2D eigenvalue weighted by Gasteiger charge is 2.21. The molecule has 0 aliphatic carbocycles. The lowest BCUT2D eigenvalue weighted by Gasteiger charge is -2.14. The van der Waals surface area contributed by atoms with Crippen molar-refractivity contribution >= 4 is 21.6 Å². The minimum absolute atomic E-state index is 0.190. The number of nitrogens with one attached hydrogen (secondary N) is 1. The third kappa shape index (κ3) is 6.12. The predicted molar refractivity (Wildman–Crippen MR) is 102 cm³/mol. The van der Waals surface area contributed by atoms with E-state index in [9.17, 15) is 8.42 Å². The van der Waals surface area contributed by atoms with Gasteiger partial charge in [-0.25, -0.2) is 13.1 Å². The topological polar surface area (TPSA) is 66.4 Å². The van der Waals surface area contributed by atoms with Crippen molar-refractivity contribution in [2.24, 2.45) is 0 Å². The summed E-state index contributed by atoms with van der Waals surface area (Å²) >= 11 is 5.84. The number of benzene rings is 2. The zero-order chi connectivity index (χ0) is 18.3. The SMILES string of the molecule is CC(c1ccc(Cl)cc1)S(=O)(=O)NCCc1ccc(CCCO)cc1. The van der Waals surface area contributed by atoms with Crippen molar-refractivity contribution in [3.05, 3.63) is 70.2 Å². The van der Waals surface area contributed by atoms with Gasteiger partial charge in [0.05, 0.1) is 5.25 Å². The molecule has 0 radical (unpaired) electrons. The van der Waals surface area contributed by atoms with Crippen LogP contribution in [0.5, 0.6) is 0 Å². The van der Waals surface area contributed by atoms with Gasteiger partial charge in [0.1, 0.15) is 0 Å². The van der Waals surface area contributed by atoms with Crippen LogP contribution in [0.15, 0.2) is 48.5 Å². The monoisotopic (exact) mass is 381 g/mol. The summed E-state index contributed by atoms with van der Waals surface area (Å²) in [6, 6.07) is 14.9. The normalized spacial score (nSPS) is 12.9. The number of rotatable bonds is 9. The Balaban J connectivity index is 1.88. The number of aryl methyl sites for hydroxylation is 1. The van der Waals surface area contributed by atoms with Crippen molar-refractivity contribution in [3.63, 3.8) is 0 Å². The number of hydrogen-bond donors (Lipinski definition) is 2. The van der Waals surface area contributed by atoms with Crippen molar-refractivity contribution in [1.29, 1.82) is 0 Å². The number of hydrogen-bond acceptors (Lipinski definition) is 3. The Morgan fingerprint density at radius 2 is 1.56 bits per heavy atom. The van der Waals surface area contributed by atoms with Gasteiger partial charge in [-0.05, 0) is 55.0 Å². The van der Waals surface area contributed by atoms with Crippen molar-refractivity contribution in [1.82, 2.24) is 4.72 Å². The van der Waals surface area contributed by atoms with Crippen LogP contribution in [0, 0.1) is 0 Å². The van der Waals surface area contributed by atoms with Crippen LogP contribution in [0.4, 0.5) is 0 Å². The molecule has 25 heavy (non-hydrogen) atoms. The van der Waals surface area contributed by atoms with Crippen LogP contribution in [-0.2, 0) is 22.9 Å². The molecular weight excluding hydrogens is 358 g/mol. The summed E-state index contributed by atoms with van der Waals surface area (Å²) in [7, 11) is -3.44. The molecule has 2 rings (SSSR count). The molecule has 2 N–H and O–H groups in total. The summed E-state index contributed by atoms with van der Waals surface area (Å²) in [5.41, 5.74) is 2.97. The lowest BCUT2D eigenvalue weighted by Crippen LogP contribution is -2.29. The molecule has 2 aromatic carbocycles. The highest BCUT2D eigenvalue weighted by Crippen LogP contribution is 2.22. The smallest absolute Gasteiger partial charge is 0.218 e. The van der Waals surface area contributed by atoms with Gasteiger partial charge in [-0.1, -0.05) is 48.0 Å². The second-order valence-electron chi connectivity index (χ2n) is 6.03. The Labute approximate surface area is 154 Å². The first-order valence-corrected chi connectivity index (χ1v) is 10.3. The van der Waals surface area contributed by atoms with Gasteiger partial charge < -0.3 is 5.11 Å². The molecule has 0 heterocycles. The van der Waals surface area contributed by atoms with Gasteiger partial charge >= 0.3 is 0 Å². The third-order valence-electron chi connectivity index (χ3n) is 4.17. The van der Waals surface area contributed by atoms with E-state index in [1.165, 1.54) is 5.56 Å². The average molecular weight is 382 g/mol. The molecular formula is C19H24ClNO3S. The first kappa shape index (κ1) is 19.9. The number of aliphatic hydroxyl groups excluding tert-OH is 1. The molecule has 0 saturated heterocycles. The lowest BCUT2D eigenvalue weighted by atomic mass is 10.1. The van der Waals surface area contributed by atoms with Gasteiger partial charge in [0.2, 0.25) is 10.0 Å². The number of halogens is 1. The van der Waals surface area contributed by atoms with Crippen LogP contribution in [-0.4, -0.2) is 26.7 Å². The van der Waals surface area contributed by atoms with Crippen LogP contribution in [0.25, 0.3) is 0 Å². The largest absolute Gasteiger partial charge is 0.396 e. The summed E-state index contributed by atoms with van der Waals surface area (Å²) in [4.78, 5) is 0. The summed E-state index contributed by atoms with van der Waals surface area (Å²) in [6.07, 6.45) is 2.23. The molecule has 4 nitrogen and oxygen atoms in total. The standard InChI is InChI=1S/C19H24ClNO3S/c1-15(18-8-10-19(20)11-9-18)25(23,24)21-13-12-17-6-4-16(5-7-17)3-2-14-22/h4-11,15,21-22H,2-3,12-14H2,1H3. The van der Waals surface area contributed by atoms with Gasteiger partial charge in [-0.15, -0.1) is 0 Å². The number of aliphatic hydroxyl groups is 1. The molecule has 1 unspecified atom stereocenters. The van der Waals surface area contributed by atoms with Crippen molar-refractivity contribution in [2.75, 3.05) is 13.2 Å². The van der Waals surface area contributed by atoms with Crippen LogP contribution in [0.3, 0.4) is 0 Å². The van der Waals surface area contributed by atoms with Gasteiger partial charge in [0, 0.05) is 18.2 Å². The summed E-state index contributed by atoms with van der Waals surface area (Å²) in [6.45, 7) is 2.22. The van der Waals surface area contributed by atoms with E-state index in [2.05, 4.69) is 4.72 Å². The molecule has 6 heteroatoms. The fourth-order valence-electron chi connectivity index (χ4n) is 2.53. The van der Waals surface area contributed by atoms with Crippen LogP contribution in [0.1, 0.15) is 35.3 Å². The predicted octanol–water partition coefficient (Wildman–Crippen LogP) is 3.49. The Hall–Kier alpha value is -1.40. The maximum atomic E-state index is 12.4. The Bertz CT molecular complexity index is 758. The summed E-state index contributed by atoms with van der Waals surface area (Å²) < 4.78 is 27.5. The van der Waals surface area contributed by atoms with E-state index in [1.54, 1.807) is 31.2 Å². The average Bonchev–Trinajstić information content (AvgIpc) is 2.61. The van der Waals surface area contributed by atoms with E-state index in [4.69, 9.17) is 16.7 Å². The quantitative estimate of drug-likeness (QED) is 0.698. The minimum atomic E-state index is -3.44. The zero-order valence-corrected chi connectivity index (χ0v) is 15.9. The Morgan fingerprint density at radius 1 is 1.00 bits per heavy atom. The number of sulfonamides is 1. The van der Waals surface area contributed by atoms with Gasteiger partial charge in [0.15, 0.2) is 0 Å². The Kier molecular flexibility index (Phi) is 7.44. The van der Waals surface area contributed by atoms with Crippen molar-refractivity contribution in [3.8, 4) is 0 Å². The van der Waals surface area contributed by atoms with Crippen LogP contribution in [0.2, 0.25) is 5.02 Å². The van der Waals surface area contributed by atoms with E-state index in [0.717, 1.165) is 18.4 Å².